The third-order valence-corrected chi connectivity index (χ3v) is 2.07. The molecule has 0 aliphatic carbocycles. The number of rotatable bonds is 2. The predicted molar refractivity (Wildman–Crippen MR) is 56.3 cm³/mol. The van der Waals surface area contributed by atoms with E-state index in [9.17, 15) is 14.7 Å². The van der Waals surface area contributed by atoms with Gasteiger partial charge in [-0.3, -0.25) is 4.79 Å². The Balaban J connectivity index is 3.28. The number of hydrogen-bond donors (Lipinski definition) is 1. The molecule has 0 saturated carbocycles. The van der Waals surface area contributed by atoms with Gasteiger partial charge in [-0.15, -0.1) is 0 Å². The maximum absolute atomic E-state index is 11.4. The van der Waals surface area contributed by atoms with E-state index in [1.54, 1.807) is 0 Å². The van der Waals surface area contributed by atoms with Gasteiger partial charge in [0.2, 0.25) is 5.91 Å². The molecular formula is C10H12N2O4. The first-order valence-corrected chi connectivity index (χ1v) is 4.49. The van der Waals surface area contributed by atoms with Crippen LogP contribution in [0.25, 0.3) is 0 Å². The fourth-order valence-corrected chi connectivity index (χ4v) is 1.12. The summed E-state index contributed by atoms with van der Waals surface area (Å²) < 4.78 is 4.53. The molecule has 0 unspecified atom stereocenters. The van der Waals surface area contributed by atoms with E-state index in [0.29, 0.717) is 0 Å². The van der Waals surface area contributed by atoms with E-state index in [0.717, 1.165) is 6.20 Å². The highest BCUT2D eigenvalue weighted by Gasteiger charge is 2.19. The summed E-state index contributed by atoms with van der Waals surface area (Å²) in [5.74, 6) is -1.07. The standard InChI is InChI=1S/C10H12N2O4/c1-6(13)12(2)8-4-7(14)5-11-9(8)10(15)16-3/h4-5,14H,1-3H3. The van der Waals surface area contributed by atoms with Crippen LogP contribution in [0, 0.1) is 0 Å². The van der Waals surface area contributed by atoms with Crippen molar-refractivity contribution in [2.24, 2.45) is 0 Å². The van der Waals surface area contributed by atoms with Crippen LogP contribution in [-0.2, 0) is 9.53 Å². The Morgan fingerprint density at radius 3 is 2.62 bits per heavy atom. The van der Waals surface area contributed by atoms with Crippen molar-refractivity contribution in [1.29, 1.82) is 0 Å². The van der Waals surface area contributed by atoms with Gasteiger partial charge in [-0.05, 0) is 0 Å². The molecule has 0 saturated heterocycles. The summed E-state index contributed by atoms with van der Waals surface area (Å²) in [6.07, 6.45) is 1.11. The van der Waals surface area contributed by atoms with Gasteiger partial charge in [0.05, 0.1) is 19.0 Å². The summed E-state index contributed by atoms with van der Waals surface area (Å²) in [4.78, 5) is 27.5. The van der Waals surface area contributed by atoms with Crippen molar-refractivity contribution in [3.8, 4) is 5.75 Å². The van der Waals surface area contributed by atoms with Crippen LogP contribution < -0.4 is 4.90 Å². The van der Waals surface area contributed by atoms with Crippen molar-refractivity contribution in [3.05, 3.63) is 18.0 Å². The number of carbonyl (C=O) groups excluding carboxylic acids is 2. The number of aromatic hydroxyl groups is 1. The zero-order valence-electron chi connectivity index (χ0n) is 9.22. The molecule has 16 heavy (non-hydrogen) atoms. The van der Waals surface area contributed by atoms with Crippen molar-refractivity contribution >= 4 is 17.6 Å². The number of nitrogens with zero attached hydrogens (tertiary/aromatic N) is 2. The molecule has 1 heterocycles. The van der Waals surface area contributed by atoms with Gasteiger partial charge >= 0.3 is 5.97 Å². The molecule has 6 heteroatoms. The number of aromatic nitrogens is 1. The number of pyridine rings is 1. The van der Waals surface area contributed by atoms with Crippen molar-refractivity contribution in [2.45, 2.75) is 6.92 Å². The maximum Gasteiger partial charge on any atom is 0.358 e. The van der Waals surface area contributed by atoms with Crippen LogP contribution in [-0.4, -0.2) is 36.1 Å². The maximum atomic E-state index is 11.4. The van der Waals surface area contributed by atoms with Crippen molar-refractivity contribution in [1.82, 2.24) is 4.98 Å². The molecule has 0 fully saturated rings. The number of hydrogen-bond acceptors (Lipinski definition) is 5. The highest BCUT2D eigenvalue weighted by Crippen LogP contribution is 2.23. The van der Waals surface area contributed by atoms with Gasteiger partial charge in [0.25, 0.3) is 0 Å². The van der Waals surface area contributed by atoms with Gasteiger partial charge in [0.1, 0.15) is 5.75 Å². The number of ether oxygens (including phenoxy) is 1. The second-order valence-electron chi connectivity index (χ2n) is 3.13. The van der Waals surface area contributed by atoms with Crippen molar-refractivity contribution in [2.75, 3.05) is 19.1 Å². The first-order chi connectivity index (χ1) is 7.47. The van der Waals surface area contributed by atoms with Gasteiger partial charge in [0, 0.05) is 20.0 Å². The zero-order chi connectivity index (χ0) is 12.3. The fourth-order valence-electron chi connectivity index (χ4n) is 1.12. The van der Waals surface area contributed by atoms with Crippen molar-refractivity contribution in [3.63, 3.8) is 0 Å². The third-order valence-electron chi connectivity index (χ3n) is 2.07. The lowest BCUT2D eigenvalue weighted by Gasteiger charge is -2.17. The molecule has 86 valence electrons. The van der Waals surface area contributed by atoms with Crippen LogP contribution in [0.3, 0.4) is 0 Å². The van der Waals surface area contributed by atoms with Crippen LogP contribution in [0.1, 0.15) is 17.4 Å². The fraction of sp³-hybridized carbons (Fsp3) is 0.300. The Hall–Kier alpha value is -2.11. The third kappa shape index (κ3) is 2.28. The Labute approximate surface area is 92.5 Å². The Kier molecular flexibility index (Phi) is 3.44. The van der Waals surface area contributed by atoms with E-state index in [1.165, 1.54) is 32.0 Å². The van der Waals surface area contributed by atoms with E-state index >= 15 is 0 Å². The number of methoxy groups -OCH3 is 1. The zero-order valence-corrected chi connectivity index (χ0v) is 9.22. The lowest BCUT2D eigenvalue weighted by atomic mass is 10.2. The van der Waals surface area contributed by atoms with Gasteiger partial charge in [-0.25, -0.2) is 9.78 Å². The first-order valence-electron chi connectivity index (χ1n) is 4.49. The van der Waals surface area contributed by atoms with E-state index in [-0.39, 0.29) is 23.0 Å². The van der Waals surface area contributed by atoms with Crippen LogP contribution in [0.15, 0.2) is 12.3 Å². The minimum Gasteiger partial charge on any atom is -0.506 e. The topological polar surface area (TPSA) is 79.7 Å². The number of carbonyl (C=O) groups is 2. The quantitative estimate of drug-likeness (QED) is 0.742. The van der Waals surface area contributed by atoms with E-state index < -0.39 is 5.97 Å². The summed E-state index contributed by atoms with van der Waals surface area (Å²) in [7, 11) is 2.69. The molecule has 0 atom stereocenters. The smallest absolute Gasteiger partial charge is 0.358 e. The van der Waals surface area contributed by atoms with E-state index in [4.69, 9.17) is 0 Å². The molecule has 0 aliphatic heterocycles. The van der Waals surface area contributed by atoms with Crippen LogP contribution in [0.5, 0.6) is 5.75 Å². The number of anilines is 1. The summed E-state index contributed by atoms with van der Waals surface area (Å²) in [6, 6.07) is 1.28. The molecule has 1 N–H and O–H groups in total. The minimum atomic E-state index is -0.664. The SMILES string of the molecule is COC(=O)c1ncc(O)cc1N(C)C(C)=O. The lowest BCUT2D eigenvalue weighted by Crippen LogP contribution is -2.25. The Morgan fingerprint density at radius 1 is 1.50 bits per heavy atom. The van der Waals surface area contributed by atoms with E-state index in [2.05, 4.69) is 9.72 Å². The number of amides is 1. The normalized spacial score (nSPS) is 9.69. The molecule has 1 rings (SSSR count). The molecule has 0 aromatic carbocycles. The summed E-state index contributed by atoms with van der Waals surface area (Å²) >= 11 is 0. The molecular weight excluding hydrogens is 212 g/mol. The Morgan fingerprint density at radius 2 is 2.12 bits per heavy atom. The van der Waals surface area contributed by atoms with Crippen molar-refractivity contribution < 1.29 is 19.4 Å². The molecule has 0 radical (unpaired) electrons. The van der Waals surface area contributed by atoms with Crippen LogP contribution in [0.2, 0.25) is 0 Å². The molecule has 1 amide bonds. The molecule has 1 aromatic heterocycles. The largest absolute Gasteiger partial charge is 0.506 e. The number of esters is 1. The molecule has 0 aliphatic rings. The molecule has 0 spiro atoms. The van der Waals surface area contributed by atoms with E-state index in [1.807, 2.05) is 0 Å². The highest BCUT2D eigenvalue weighted by atomic mass is 16.5. The summed E-state index contributed by atoms with van der Waals surface area (Å²) in [6.45, 7) is 1.34. The average Bonchev–Trinajstić information content (AvgIpc) is 2.26. The van der Waals surface area contributed by atoms with Gasteiger partial charge in [-0.2, -0.15) is 0 Å². The van der Waals surface area contributed by atoms with Gasteiger partial charge in [0.15, 0.2) is 5.69 Å². The molecule has 1 aromatic rings. The second kappa shape index (κ2) is 4.61. The van der Waals surface area contributed by atoms with Crippen LogP contribution >= 0.6 is 0 Å². The Bertz CT molecular complexity index is 431. The molecule has 0 bridgehead atoms. The highest BCUT2D eigenvalue weighted by molar-refractivity contribution is 6.00. The summed E-state index contributed by atoms with van der Waals surface area (Å²) in [5, 5.41) is 9.27. The second-order valence-corrected chi connectivity index (χ2v) is 3.13. The summed E-state index contributed by atoms with van der Waals surface area (Å²) in [5.41, 5.74) is 0.192. The molecule has 6 nitrogen and oxygen atoms in total. The average molecular weight is 224 g/mol. The van der Waals surface area contributed by atoms with Gasteiger partial charge in [-0.1, -0.05) is 0 Å². The van der Waals surface area contributed by atoms with Crippen LogP contribution in [0.4, 0.5) is 5.69 Å². The minimum absolute atomic E-state index is 0.0157. The van der Waals surface area contributed by atoms with Gasteiger partial charge < -0.3 is 14.7 Å². The lowest BCUT2D eigenvalue weighted by molar-refractivity contribution is -0.116. The monoisotopic (exact) mass is 224 g/mol. The predicted octanol–water partition coefficient (Wildman–Crippen LogP) is 0.556. The first kappa shape index (κ1) is 12.0.